The number of nitrogens with zero attached hydrogens (tertiary/aromatic N) is 3. The molecule has 0 radical (unpaired) electrons. The zero-order chi connectivity index (χ0) is 15.4. The average Bonchev–Trinajstić information content (AvgIpc) is 2.73. The Morgan fingerprint density at radius 1 is 1.19 bits per heavy atom. The second-order valence-electron chi connectivity index (χ2n) is 5.44. The van der Waals surface area contributed by atoms with E-state index in [-0.39, 0.29) is 0 Å². The molecule has 0 aliphatic carbocycles. The molecule has 21 heavy (non-hydrogen) atoms. The topological polar surface area (TPSA) is 41.3 Å². The van der Waals surface area contributed by atoms with Crippen LogP contribution in [0.25, 0.3) is 0 Å². The van der Waals surface area contributed by atoms with Crippen molar-refractivity contribution in [3.63, 3.8) is 0 Å². The van der Waals surface area contributed by atoms with Crippen molar-refractivity contribution in [2.75, 3.05) is 6.54 Å². The molecule has 0 aliphatic heterocycles. The molecule has 1 N–H and O–H groups in total. The number of aromatic hydroxyl groups is 1. The van der Waals surface area contributed by atoms with Crippen LogP contribution in [0.15, 0.2) is 24.3 Å². The molecule has 4 heteroatoms. The van der Waals surface area contributed by atoms with Crippen molar-refractivity contribution in [1.82, 2.24) is 14.7 Å². The Bertz CT molecular complexity index is 604. The smallest absolute Gasteiger partial charge is 0.115 e. The molecule has 0 atom stereocenters. The molecule has 0 spiro atoms. The fraction of sp³-hybridized carbons (Fsp3) is 0.471. The highest BCUT2D eigenvalue weighted by Crippen LogP contribution is 2.18. The van der Waals surface area contributed by atoms with E-state index in [1.165, 1.54) is 11.3 Å². The lowest BCUT2D eigenvalue weighted by Crippen LogP contribution is -2.23. The van der Waals surface area contributed by atoms with Gasteiger partial charge in [-0.2, -0.15) is 5.10 Å². The molecular weight excluding hydrogens is 262 g/mol. The van der Waals surface area contributed by atoms with Crippen LogP contribution in [-0.4, -0.2) is 26.3 Å². The SMILES string of the molecule is CCN(Cc1cccc(O)c1)Cc1c(C)nn(CC)c1C. The van der Waals surface area contributed by atoms with Gasteiger partial charge in [0.05, 0.1) is 5.69 Å². The first-order valence-corrected chi connectivity index (χ1v) is 7.58. The molecule has 1 aromatic heterocycles. The largest absolute Gasteiger partial charge is 0.508 e. The van der Waals surface area contributed by atoms with Gasteiger partial charge in [-0.3, -0.25) is 9.58 Å². The molecule has 0 unspecified atom stereocenters. The van der Waals surface area contributed by atoms with E-state index in [1.54, 1.807) is 6.07 Å². The third-order valence-corrected chi connectivity index (χ3v) is 3.98. The summed E-state index contributed by atoms with van der Waals surface area (Å²) in [5, 5.41) is 14.2. The first-order chi connectivity index (χ1) is 10.0. The van der Waals surface area contributed by atoms with Crippen molar-refractivity contribution in [3.05, 3.63) is 46.8 Å². The van der Waals surface area contributed by atoms with E-state index < -0.39 is 0 Å². The predicted octanol–water partition coefficient (Wildman–Crippen LogP) is 3.25. The summed E-state index contributed by atoms with van der Waals surface area (Å²) >= 11 is 0. The van der Waals surface area contributed by atoms with Gasteiger partial charge in [0, 0.05) is 30.9 Å². The number of benzene rings is 1. The van der Waals surface area contributed by atoms with Gasteiger partial charge < -0.3 is 5.11 Å². The zero-order valence-corrected chi connectivity index (χ0v) is 13.4. The minimum atomic E-state index is 0.328. The van der Waals surface area contributed by atoms with Gasteiger partial charge in [-0.15, -0.1) is 0 Å². The fourth-order valence-electron chi connectivity index (χ4n) is 2.69. The molecule has 0 fully saturated rings. The van der Waals surface area contributed by atoms with Gasteiger partial charge in [-0.05, 0) is 45.0 Å². The zero-order valence-electron chi connectivity index (χ0n) is 13.4. The van der Waals surface area contributed by atoms with Gasteiger partial charge >= 0.3 is 0 Å². The normalized spacial score (nSPS) is 11.3. The summed E-state index contributed by atoms with van der Waals surface area (Å²) in [7, 11) is 0. The molecule has 2 aromatic rings. The molecule has 4 nitrogen and oxygen atoms in total. The lowest BCUT2D eigenvalue weighted by atomic mass is 10.1. The number of aryl methyl sites for hydroxylation is 2. The van der Waals surface area contributed by atoms with Crippen LogP contribution in [-0.2, 0) is 19.6 Å². The van der Waals surface area contributed by atoms with E-state index in [1.807, 2.05) is 12.1 Å². The maximum Gasteiger partial charge on any atom is 0.115 e. The van der Waals surface area contributed by atoms with Crippen LogP contribution in [0, 0.1) is 13.8 Å². The quantitative estimate of drug-likeness (QED) is 0.886. The highest BCUT2D eigenvalue weighted by molar-refractivity contribution is 5.28. The molecule has 0 saturated carbocycles. The molecule has 0 aliphatic rings. The van der Waals surface area contributed by atoms with Crippen molar-refractivity contribution in [1.29, 1.82) is 0 Å². The summed E-state index contributed by atoms with van der Waals surface area (Å²) in [6, 6.07) is 7.49. The van der Waals surface area contributed by atoms with E-state index >= 15 is 0 Å². The number of aromatic nitrogens is 2. The first-order valence-electron chi connectivity index (χ1n) is 7.58. The van der Waals surface area contributed by atoms with Gasteiger partial charge in [0.2, 0.25) is 0 Å². The maximum atomic E-state index is 9.58. The summed E-state index contributed by atoms with van der Waals surface area (Å²) in [4.78, 5) is 2.37. The lowest BCUT2D eigenvalue weighted by Gasteiger charge is -2.21. The number of hydrogen-bond donors (Lipinski definition) is 1. The summed E-state index contributed by atoms with van der Waals surface area (Å²) in [6.45, 7) is 12.1. The van der Waals surface area contributed by atoms with Crippen molar-refractivity contribution in [2.45, 2.75) is 47.3 Å². The highest BCUT2D eigenvalue weighted by atomic mass is 16.3. The predicted molar refractivity (Wildman–Crippen MR) is 85.3 cm³/mol. The average molecular weight is 287 g/mol. The fourth-order valence-corrected chi connectivity index (χ4v) is 2.69. The monoisotopic (exact) mass is 287 g/mol. The standard InChI is InChI=1S/C17H25N3O/c1-5-19(11-15-8-7-9-16(21)10-15)12-17-13(3)18-20(6-2)14(17)4/h7-10,21H,5-6,11-12H2,1-4H3. The van der Waals surface area contributed by atoms with Crippen LogP contribution >= 0.6 is 0 Å². The highest BCUT2D eigenvalue weighted by Gasteiger charge is 2.14. The van der Waals surface area contributed by atoms with Crippen molar-refractivity contribution >= 4 is 0 Å². The second kappa shape index (κ2) is 6.76. The molecule has 114 valence electrons. The molecule has 0 amide bonds. The van der Waals surface area contributed by atoms with E-state index in [2.05, 4.69) is 48.4 Å². The third kappa shape index (κ3) is 3.64. The van der Waals surface area contributed by atoms with Crippen LogP contribution in [0.4, 0.5) is 0 Å². The van der Waals surface area contributed by atoms with Crippen LogP contribution in [0.2, 0.25) is 0 Å². The van der Waals surface area contributed by atoms with Crippen LogP contribution in [0.3, 0.4) is 0 Å². The molecule has 1 aromatic carbocycles. The Labute approximate surface area is 127 Å². The number of hydrogen-bond acceptors (Lipinski definition) is 3. The van der Waals surface area contributed by atoms with Crippen LogP contribution in [0.1, 0.15) is 36.4 Å². The lowest BCUT2D eigenvalue weighted by molar-refractivity contribution is 0.270. The molecular formula is C17H25N3O. The Kier molecular flexibility index (Phi) is 5.02. The van der Waals surface area contributed by atoms with Gasteiger partial charge in [-0.1, -0.05) is 19.1 Å². The Morgan fingerprint density at radius 2 is 1.95 bits per heavy atom. The Hall–Kier alpha value is -1.81. The minimum Gasteiger partial charge on any atom is -0.508 e. The van der Waals surface area contributed by atoms with E-state index in [4.69, 9.17) is 0 Å². The summed E-state index contributed by atoms with van der Waals surface area (Å²) < 4.78 is 2.06. The Balaban J connectivity index is 2.14. The number of rotatable bonds is 6. The van der Waals surface area contributed by atoms with E-state index in [0.717, 1.165) is 37.4 Å². The summed E-state index contributed by atoms with van der Waals surface area (Å²) in [5.74, 6) is 0.328. The first kappa shape index (κ1) is 15.6. The summed E-state index contributed by atoms with van der Waals surface area (Å²) in [5.41, 5.74) is 4.82. The second-order valence-corrected chi connectivity index (χ2v) is 5.44. The number of phenols is 1. The third-order valence-electron chi connectivity index (χ3n) is 3.98. The van der Waals surface area contributed by atoms with Crippen LogP contribution < -0.4 is 0 Å². The van der Waals surface area contributed by atoms with E-state index in [0.29, 0.717) is 5.75 Å². The van der Waals surface area contributed by atoms with Gasteiger partial charge in [0.15, 0.2) is 0 Å². The van der Waals surface area contributed by atoms with Crippen LogP contribution in [0.5, 0.6) is 5.75 Å². The molecule has 0 saturated heterocycles. The van der Waals surface area contributed by atoms with Gasteiger partial charge in [0.1, 0.15) is 5.75 Å². The van der Waals surface area contributed by atoms with Crippen molar-refractivity contribution < 1.29 is 5.11 Å². The van der Waals surface area contributed by atoms with Gasteiger partial charge in [0.25, 0.3) is 0 Å². The maximum absolute atomic E-state index is 9.58. The van der Waals surface area contributed by atoms with E-state index in [9.17, 15) is 5.11 Å². The molecule has 1 heterocycles. The number of phenolic OH excluding ortho intramolecular Hbond substituents is 1. The van der Waals surface area contributed by atoms with Gasteiger partial charge in [-0.25, -0.2) is 0 Å². The minimum absolute atomic E-state index is 0.328. The summed E-state index contributed by atoms with van der Waals surface area (Å²) in [6.07, 6.45) is 0. The Morgan fingerprint density at radius 3 is 2.52 bits per heavy atom. The van der Waals surface area contributed by atoms with Crippen molar-refractivity contribution in [2.24, 2.45) is 0 Å². The molecule has 0 bridgehead atoms. The van der Waals surface area contributed by atoms with Crippen molar-refractivity contribution in [3.8, 4) is 5.75 Å². The molecule has 2 rings (SSSR count).